The maximum atomic E-state index is 12.1. The fourth-order valence-corrected chi connectivity index (χ4v) is 1.43. The van der Waals surface area contributed by atoms with Gasteiger partial charge in [-0.2, -0.15) is 0 Å². The number of aromatic nitrogens is 3. The normalized spacial score (nSPS) is 10.4. The van der Waals surface area contributed by atoms with Crippen LogP contribution in [0.3, 0.4) is 0 Å². The average molecular weight is 243 g/mol. The number of carbonyl (C=O) groups is 1. The predicted octanol–water partition coefficient (Wildman–Crippen LogP) is 1.89. The number of ether oxygens (including phenoxy) is 1. The van der Waals surface area contributed by atoms with Crippen molar-refractivity contribution in [3.05, 3.63) is 48.3 Å². The zero-order valence-electron chi connectivity index (χ0n) is 10.2. The molecule has 0 aliphatic rings. The number of carbonyl (C=O) groups excluding carboxylic acids is 1. The highest BCUT2D eigenvalue weighted by Gasteiger charge is 2.13. The molecule has 5 heteroatoms. The molecule has 0 fully saturated rings. The van der Waals surface area contributed by atoms with E-state index in [1.54, 1.807) is 18.3 Å². The minimum Gasteiger partial charge on any atom is -0.489 e. The molecule has 0 unspecified atom stereocenters. The van der Waals surface area contributed by atoms with Gasteiger partial charge in [-0.25, -0.2) is 9.97 Å². The molecule has 0 amide bonds. The number of ketones is 1. The largest absolute Gasteiger partial charge is 0.489 e. The van der Waals surface area contributed by atoms with E-state index in [0.29, 0.717) is 11.3 Å². The molecule has 2 rings (SSSR count). The Balaban J connectivity index is 2.26. The van der Waals surface area contributed by atoms with Crippen molar-refractivity contribution < 1.29 is 9.53 Å². The SMILES string of the molecule is CC(C)Oc1cncc(C(=O)c2ncccn2)c1. The molecule has 0 saturated carbocycles. The standard InChI is InChI=1S/C13H13N3O2/c1-9(2)18-11-6-10(7-14-8-11)12(17)13-15-4-3-5-16-13/h3-9H,1-2H3. The van der Waals surface area contributed by atoms with Crippen LogP contribution >= 0.6 is 0 Å². The second kappa shape index (κ2) is 5.35. The van der Waals surface area contributed by atoms with Gasteiger partial charge in [0.15, 0.2) is 0 Å². The maximum absolute atomic E-state index is 12.1. The number of nitrogens with zero attached hydrogens (tertiary/aromatic N) is 3. The minimum absolute atomic E-state index is 0.0325. The Bertz CT molecular complexity index is 541. The van der Waals surface area contributed by atoms with E-state index in [2.05, 4.69) is 15.0 Å². The highest BCUT2D eigenvalue weighted by Crippen LogP contribution is 2.14. The van der Waals surface area contributed by atoms with E-state index in [1.165, 1.54) is 18.6 Å². The molecule has 0 spiro atoms. The summed E-state index contributed by atoms with van der Waals surface area (Å²) in [6.45, 7) is 3.82. The smallest absolute Gasteiger partial charge is 0.231 e. The Labute approximate surface area is 105 Å². The summed E-state index contributed by atoms with van der Waals surface area (Å²) in [4.78, 5) is 23.9. The molecule has 0 saturated heterocycles. The van der Waals surface area contributed by atoms with Crippen LogP contribution in [0.5, 0.6) is 5.75 Å². The second-order valence-electron chi connectivity index (χ2n) is 3.98. The third-order valence-electron chi connectivity index (χ3n) is 2.12. The van der Waals surface area contributed by atoms with Crippen LogP contribution in [-0.2, 0) is 0 Å². The van der Waals surface area contributed by atoms with E-state index >= 15 is 0 Å². The van der Waals surface area contributed by atoms with Crippen molar-refractivity contribution in [1.82, 2.24) is 15.0 Å². The van der Waals surface area contributed by atoms with Gasteiger partial charge in [-0.1, -0.05) is 0 Å². The number of hydrogen-bond donors (Lipinski definition) is 0. The minimum atomic E-state index is -0.266. The fourth-order valence-electron chi connectivity index (χ4n) is 1.43. The van der Waals surface area contributed by atoms with E-state index in [1.807, 2.05) is 13.8 Å². The lowest BCUT2D eigenvalue weighted by Crippen LogP contribution is -2.09. The summed E-state index contributed by atoms with van der Waals surface area (Å²) in [7, 11) is 0. The van der Waals surface area contributed by atoms with Crippen molar-refractivity contribution in [2.24, 2.45) is 0 Å². The number of pyridine rings is 1. The third kappa shape index (κ3) is 2.88. The highest BCUT2D eigenvalue weighted by molar-refractivity contribution is 6.06. The summed E-state index contributed by atoms with van der Waals surface area (Å²) in [5, 5.41) is 0. The molecule has 0 aromatic carbocycles. The van der Waals surface area contributed by atoms with Gasteiger partial charge < -0.3 is 4.74 Å². The van der Waals surface area contributed by atoms with Crippen LogP contribution in [0.1, 0.15) is 30.0 Å². The van der Waals surface area contributed by atoms with Gasteiger partial charge in [0.1, 0.15) is 5.75 Å². The molecule has 0 atom stereocenters. The lowest BCUT2D eigenvalue weighted by molar-refractivity contribution is 0.102. The van der Waals surface area contributed by atoms with Crippen molar-refractivity contribution in [3.8, 4) is 5.75 Å². The predicted molar refractivity (Wildman–Crippen MR) is 65.5 cm³/mol. The topological polar surface area (TPSA) is 65.0 Å². The van der Waals surface area contributed by atoms with Crippen LogP contribution in [0.25, 0.3) is 0 Å². The maximum Gasteiger partial charge on any atom is 0.231 e. The molecule has 18 heavy (non-hydrogen) atoms. The van der Waals surface area contributed by atoms with Gasteiger partial charge in [-0.05, 0) is 26.0 Å². The first-order valence-corrected chi connectivity index (χ1v) is 5.60. The van der Waals surface area contributed by atoms with Gasteiger partial charge >= 0.3 is 0 Å². The molecule has 0 aliphatic carbocycles. The van der Waals surface area contributed by atoms with Gasteiger partial charge in [0.2, 0.25) is 11.6 Å². The van der Waals surface area contributed by atoms with Crippen LogP contribution in [0, 0.1) is 0 Å². The van der Waals surface area contributed by atoms with Crippen molar-refractivity contribution in [2.45, 2.75) is 20.0 Å². The van der Waals surface area contributed by atoms with Crippen molar-refractivity contribution in [3.63, 3.8) is 0 Å². The Hall–Kier alpha value is -2.30. The van der Waals surface area contributed by atoms with Crippen LogP contribution < -0.4 is 4.74 Å². The number of hydrogen-bond acceptors (Lipinski definition) is 5. The van der Waals surface area contributed by atoms with Gasteiger partial charge in [0, 0.05) is 24.2 Å². The van der Waals surface area contributed by atoms with Crippen LogP contribution in [0.4, 0.5) is 0 Å². The Morgan fingerprint density at radius 3 is 2.61 bits per heavy atom. The van der Waals surface area contributed by atoms with Crippen LogP contribution in [0.2, 0.25) is 0 Å². The second-order valence-corrected chi connectivity index (χ2v) is 3.98. The van der Waals surface area contributed by atoms with E-state index in [0.717, 1.165) is 0 Å². The lowest BCUT2D eigenvalue weighted by atomic mass is 10.2. The molecule has 92 valence electrons. The van der Waals surface area contributed by atoms with Gasteiger partial charge in [-0.15, -0.1) is 0 Å². The average Bonchev–Trinajstić information content (AvgIpc) is 2.38. The molecule has 2 aromatic rings. The molecule has 0 radical (unpaired) electrons. The molecule has 0 N–H and O–H groups in total. The van der Waals surface area contributed by atoms with Crippen molar-refractivity contribution >= 4 is 5.78 Å². The van der Waals surface area contributed by atoms with Crippen molar-refractivity contribution in [2.75, 3.05) is 0 Å². The van der Waals surface area contributed by atoms with E-state index < -0.39 is 0 Å². The molecule has 2 aromatic heterocycles. The summed E-state index contributed by atoms with van der Waals surface area (Å²) in [6, 6.07) is 3.30. The zero-order chi connectivity index (χ0) is 13.0. The Morgan fingerprint density at radius 1 is 1.22 bits per heavy atom. The first kappa shape index (κ1) is 12.2. The molecular formula is C13H13N3O2. The first-order valence-electron chi connectivity index (χ1n) is 5.60. The summed E-state index contributed by atoms with van der Waals surface area (Å²) < 4.78 is 5.49. The molecular weight excluding hydrogens is 230 g/mol. The van der Waals surface area contributed by atoms with Crippen molar-refractivity contribution in [1.29, 1.82) is 0 Å². The summed E-state index contributed by atoms with van der Waals surface area (Å²) in [6.07, 6.45) is 6.14. The van der Waals surface area contributed by atoms with Crippen LogP contribution in [-0.4, -0.2) is 26.8 Å². The van der Waals surface area contributed by atoms with Gasteiger partial charge in [-0.3, -0.25) is 9.78 Å². The quantitative estimate of drug-likeness (QED) is 0.767. The van der Waals surface area contributed by atoms with E-state index in [4.69, 9.17) is 4.74 Å². The third-order valence-corrected chi connectivity index (χ3v) is 2.12. The van der Waals surface area contributed by atoms with Crippen LogP contribution in [0.15, 0.2) is 36.9 Å². The first-order chi connectivity index (χ1) is 8.66. The lowest BCUT2D eigenvalue weighted by Gasteiger charge is -2.09. The summed E-state index contributed by atoms with van der Waals surface area (Å²) in [5.41, 5.74) is 0.416. The fraction of sp³-hybridized carbons (Fsp3) is 0.231. The highest BCUT2D eigenvalue weighted by atomic mass is 16.5. The van der Waals surface area contributed by atoms with E-state index in [9.17, 15) is 4.79 Å². The summed E-state index contributed by atoms with van der Waals surface area (Å²) in [5.74, 6) is 0.449. The van der Waals surface area contributed by atoms with Gasteiger partial charge in [0.25, 0.3) is 0 Å². The Morgan fingerprint density at radius 2 is 1.94 bits per heavy atom. The number of rotatable bonds is 4. The molecule has 5 nitrogen and oxygen atoms in total. The monoisotopic (exact) mass is 243 g/mol. The van der Waals surface area contributed by atoms with E-state index in [-0.39, 0.29) is 17.7 Å². The summed E-state index contributed by atoms with van der Waals surface area (Å²) >= 11 is 0. The molecule has 2 heterocycles. The molecule has 0 bridgehead atoms. The van der Waals surface area contributed by atoms with Gasteiger partial charge in [0.05, 0.1) is 12.3 Å². The molecule has 0 aliphatic heterocycles. The zero-order valence-corrected chi connectivity index (χ0v) is 10.2. The Kier molecular flexibility index (Phi) is 3.62.